The second-order valence-electron chi connectivity index (χ2n) is 4.97. The molecular formula is C15H17NO2. The summed E-state index contributed by atoms with van der Waals surface area (Å²) >= 11 is 0. The average molecular weight is 243 g/mol. The summed E-state index contributed by atoms with van der Waals surface area (Å²) in [7, 11) is 0. The molecule has 0 aliphatic carbocycles. The smallest absolute Gasteiger partial charge is 0.244 e. The van der Waals surface area contributed by atoms with E-state index in [4.69, 9.17) is 4.74 Å². The highest BCUT2D eigenvalue weighted by Crippen LogP contribution is 2.34. The third-order valence-electron chi connectivity index (χ3n) is 3.66. The first-order valence-electron chi connectivity index (χ1n) is 6.50. The van der Waals surface area contributed by atoms with Crippen LogP contribution in [0.2, 0.25) is 0 Å². The van der Waals surface area contributed by atoms with E-state index >= 15 is 0 Å². The molecule has 0 aromatic heterocycles. The van der Waals surface area contributed by atoms with Crippen LogP contribution >= 0.6 is 0 Å². The van der Waals surface area contributed by atoms with Gasteiger partial charge in [-0.25, -0.2) is 0 Å². The van der Waals surface area contributed by atoms with Crippen molar-refractivity contribution in [3.05, 3.63) is 42.0 Å². The van der Waals surface area contributed by atoms with Gasteiger partial charge in [0.1, 0.15) is 0 Å². The molecule has 3 nitrogen and oxygen atoms in total. The number of hydrogen-bond acceptors (Lipinski definition) is 2. The molecule has 3 atom stereocenters. The molecule has 1 amide bonds. The SMILES string of the molecule is O=C(C=Cc1ccccc1)N[C@@H]1C[C@@H]2CC[C@H]1O2. The van der Waals surface area contributed by atoms with Gasteiger partial charge in [0.15, 0.2) is 0 Å². The molecule has 3 heteroatoms. The molecule has 2 bridgehead atoms. The Morgan fingerprint density at radius 2 is 2.11 bits per heavy atom. The molecule has 0 unspecified atom stereocenters. The third kappa shape index (κ3) is 2.46. The minimum absolute atomic E-state index is 0.0278. The van der Waals surface area contributed by atoms with E-state index < -0.39 is 0 Å². The van der Waals surface area contributed by atoms with Gasteiger partial charge in [-0.15, -0.1) is 0 Å². The fraction of sp³-hybridized carbons (Fsp3) is 0.400. The van der Waals surface area contributed by atoms with Gasteiger partial charge in [-0.3, -0.25) is 4.79 Å². The van der Waals surface area contributed by atoms with Crippen molar-refractivity contribution in [1.82, 2.24) is 5.32 Å². The number of hydrogen-bond donors (Lipinski definition) is 1. The fourth-order valence-electron chi connectivity index (χ4n) is 2.76. The number of carbonyl (C=O) groups is 1. The predicted molar refractivity (Wildman–Crippen MR) is 69.9 cm³/mol. The van der Waals surface area contributed by atoms with Gasteiger partial charge in [-0.05, 0) is 30.9 Å². The number of rotatable bonds is 3. The highest BCUT2D eigenvalue weighted by atomic mass is 16.5. The standard InChI is InChI=1S/C15H17NO2/c17-15(9-6-11-4-2-1-3-5-11)16-13-10-12-7-8-14(13)18-12/h1-6,9,12-14H,7-8,10H2,(H,16,17)/t12-,13+,14+/m0/s1. The van der Waals surface area contributed by atoms with E-state index in [2.05, 4.69) is 5.32 Å². The third-order valence-corrected chi connectivity index (χ3v) is 3.66. The van der Waals surface area contributed by atoms with Gasteiger partial charge in [-0.2, -0.15) is 0 Å². The molecule has 2 aliphatic rings. The zero-order valence-corrected chi connectivity index (χ0v) is 10.2. The maximum Gasteiger partial charge on any atom is 0.244 e. The van der Waals surface area contributed by atoms with Gasteiger partial charge < -0.3 is 10.1 Å². The summed E-state index contributed by atoms with van der Waals surface area (Å²) in [6.07, 6.45) is 7.25. The van der Waals surface area contributed by atoms with Crippen molar-refractivity contribution in [2.45, 2.75) is 37.5 Å². The first-order valence-corrected chi connectivity index (χ1v) is 6.50. The lowest BCUT2D eigenvalue weighted by Crippen LogP contribution is -2.40. The topological polar surface area (TPSA) is 38.3 Å². The molecule has 1 N–H and O–H groups in total. The molecule has 94 valence electrons. The Balaban J connectivity index is 1.55. The van der Waals surface area contributed by atoms with Crippen molar-refractivity contribution in [3.63, 3.8) is 0 Å². The number of carbonyl (C=O) groups excluding carboxylic acids is 1. The predicted octanol–water partition coefficient (Wildman–Crippen LogP) is 2.14. The van der Waals surface area contributed by atoms with Crippen LogP contribution in [0.3, 0.4) is 0 Å². The molecule has 1 aromatic rings. The number of fused-ring (bicyclic) bond motifs is 2. The lowest BCUT2D eigenvalue weighted by atomic mass is 9.95. The van der Waals surface area contributed by atoms with E-state index in [0.717, 1.165) is 24.8 Å². The van der Waals surface area contributed by atoms with Gasteiger partial charge in [0, 0.05) is 6.08 Å². The van der Waals surface area contributed by atoms with E-state index in [-0.39, 0.29) is 18.1 Å². The second kappa shape index (κ2) is 4.94. The number of benzene rings is 1. The molecule has 2 aliphatic heterocycles. The maximum absolute atomic E-state index is 11.8. The van der Waals surface area contributed by atoms with E-state index in [9.17, 15) is 4.79 Å². The van der Waals surface area contributed by atoms with Gasteiger partial charge in [0.2, 0.25) is 5.91 Å². The summed E-state index contributed by atoms with van der Waals surface area (Å²) in [6.45, 7) is 0. The summed E-state index contributed by atoms with van der Waals surface area (Å²) < 4.78 is 5.71. The van der Waals surface area contributed by atoms with Crippen LogP contribution in [0.4, 0.5) is 0 Å². The minimum Gasteiger partial charge on any atom is -0.373 e. The van der Waals surface area contributed by atoms with Crippen LogP contribution in [-0.4, -0.2) is 24.2 Å². The van der Waals surface area contributed by atoms with Crippen LogP contribution in [0.25, 0.3) is 6.08 Å². The Kier molecular flexibility index (Phi) is 3.15. The molecule has 2 saturated heterocycles. The van der Waals surface area contributed by atoms with Crippen LogP contribution in [0, 0.1) is 0 Å². The highest BCUT2D eigenvalue weighted by molar-refractivity contribution is 5.91. The number of nitrogens with one attached hydrogen (secondary N) is 1. The van der Waals surface area contributed by atoms with Crippen molar-refractivity contribution in [2.75, 3.05) is 0 Å². The molecular weight excluding hydrogens is 226 g/mol. The fourth-order valence-corrected chi connectivity index (χ4v) is 2.76. The van der Waals surface area contributed by atoms with Crippen LogP contribution in [0.5, 0.6) is 0 Å². The van der Waals surface area contributed by atoms with Crippen LogP contribution in [0.15, 0.2) is 36.4 Å². The monoisotopic (exact) mass is 243 g/mol. The summed E-state index contributed by atoms with van der Waals surface area (Å²) in [5, 5.41) is 3.03. The molecule has 18 heavy (non-hydrogen) atoms. The van der Waals surface area contributed by atoms with Crippen LogP contribution in [0.1, 0.15) is 24.8 Å². The van der Waals surface area contributed by atoms with Gasteiger partial charge >= 0.3 is 0 Å². The van der Waals surface area contributed by atoms with Crippen LogP contribution in [-0.2, 0) is 9.53 Å². The van der Waals surface area contributed by atoms with Crippen molar-refractivity contribution in [1.29, 1.82) is 0 Å². The van der Waals surface area contributed by atoms with Crippen LogP contribution < -0.4 is 5.32 Å². The van der Waals surface area contributed by atoms with E-state index in [1.165, 1.54) is 0 Å². The normalized spacial score (nSPS) is 29.9. The maximum atomic E-state index is 11.8. The van der Waals surface area contributed by atoms with Crippen molar-refractivity contribution < 1.29 is 9.53 Å². The average Bonchev–Trinajstić information content (AvgIpc) is 3.00. The van der Waals surface area contributed by atoms with Crippen molar-refractivity contribution in [3.8, 4) is 0 Å². The highest BCUT2D eigenvalue weighted by Gasteiger charge is 2.41. The summed E-state index contributed by atoms with van der Waals surface area (Å²) in [5.41, 5.74) is 1.04. The molecule has 0 saturated carbocycles. The number of ether oxygens (including phenoxy) is 1. The lowest BCUT2D eigenvalue weighted by Gasteiger charge is -2.18. The Morgan fingerprint density at radius 1 is 1.28 bits per heavy atom. The minimum atomic E-state index is -0.0278. The molecule has 3 rings (SSSR count). The molecule has 0 spiro atoms. The van der Waals surface area contributed by atoms with Gasteiger partial charge in [0.25, 0.3) is 0 Å². The van der Waals surface area contributed by atoms with E-state index in [1.807, 2.05) is 36.4 Å². The quantitative estimate of drug-likeness (QED) is 0.826. The molecule has 2 fully saturated rings. The van der Waals surface area contributed by atoms with E-state index in [1.54, 1.807) is 6.08 Å². The summed E-state index contributed by atoms with van der Waals surface area (Å²) in [5.74, 6) is -0.0278. The molecule has 2 heterocycles. The van der Waals surface area contributed by atoms with Gasteiger partial charge in [0.05, 0.1) is 18.2 Å². The molecule has 1 aromatic carbocycles. The zero-order valence-electron chi connectivity index (χ0n) is 10.2. The Morgan fingerprint density at radius 3 is 2.78 bits per heavy atom. The Bertz CT molecular complexity index is 455. The summed E-state index contributed by atoms with van der Waals surface area (Å²) in [6, 6.07) is 10.0. The zero-order chi connectivity index (χ0) is 12.4. The largest absolute Gasteiger partial charge is 0.373 e. The molecule has 0 radical (unpaired) electrons. The first kappa shape index (κ1) is 11.5. The van der Waals surface area contributed by atoms with Gasteiger partial charge in [-0.1, -0.05) is 30.3 Å². The van der Waals surface area contributed by atoms with Crippen molar-refractivity contribution >= 4 is 12.0 Å². The number of amides is 1. The lowest BCUT2D eigenvalue weighted by molar-refractivity contribution is -0.117. The first-order chi connectivity index (χ1) is 8.81. The Labute approximate surface area is 107 Å². The summed E-state index contributed by atoms with van der Waals surface area (Å²) in [4.78, 5) is 11.8. The van der Waals surface area contributed by atoms with Crippen molar-refractivity contribution in [2.24, 2.45) is 0 Å². The second-order valence-corrected chi connectivity index (χ2v) is 4.97. The Hall–Kier alpha value is -1.61. The van der Waals surface area contributed by atoms with E-state index in [0.29, 0.717) is 6.10 Å².